The summed E-state index contributed by atoms with van der Waals surface area (Å²) in [5.41, 5.74) is 6.79. The van der Waals surface area contributed by atoms with Gasteiger partial charge in [-0.15, -0.1) is 0 Å². The van der Waals surface area contributed by atoms with E-state index in [0.717, 1.165) is 0 Å². The van der Waals surface area contributed by atoms with Crippen LogP contribution in [0.15, 0.2) is 18.5 Å². The Morgan fingerprint density at radius 2 is 2.46 bits per heavy atom. The molecular weight excluding hydrogens is 168 g/mol. The lowest BCUT2D eigenvalue weighted by molar-refractivity contribution is -0.125. The fourth-order valence-electron chi connectivity index (χ4n) is 0.921. The van der Waals surface area contributed by atoms with Crippen LogP contribution in [0.3, 0.4) is 0 Å². The zero-order chi connectivity index (χ0) is 9.84. The topological polar surface area (TPSA) is 76.2 Å². The number of nitrogen functional groups attached to an aromatic ring is 1. The number of carbonyl (C=O) groups excluding carboxylic acids is 1. The SMILES string of the molecule is CC(O)C(=O)Cc1cnccc1N. The van der Waals surface area contributed by atoms with Crippen molar-refractivity contribution in [1.29, 1.82) is 0 Å². The number of aromatic nitrogens is 1. The summed E-state index contributed by atoms with van der Waals surface area (Å²) in [7, 11) is 0. The first-order valence-corrected chi connectivity index (χ1v) is 4.00. The molecule has 1 atom stereocenters. The second-order valence-corrected chi connectivity index (χ2v) is 2.89. The highest BCUT2D eigenvalue weighted by molar-refractivity contribution is 5.85. The van der Waals surface area contributed by atoms with Gasteiger partial charge in [-0.2, -0.15) is 0 Å². The molecule has 3 N–H and O–H groups in total. The van der Waals surface area contributed by atoms with Gasteiger partial charge in [-0.25, -0.2) is 0 Å². The van der Waals surface area contributed by atoms with Crippen molar-refractivity contribution in [3.05, 3.63) is 24.0 Å². The van der Waals surface area contributed by atoms with Crippen molar-refractivity contribution < 1.29 is 9.90 Å². The Labute approximate surface area is 76.4 Å². The maximum Gasteiger partial charge on any atom is 0.165 e. The molecule has 1 unspecified atom stereocenters. The Kier molecular flexibility index (Phi) is 2.97. The number of ketones is 1. The summed E-state index contributed by atoms with van der Waals surface area (Å²) in [6.07, 6.45) is 2.29. The molecule has 0 aliphatic carbocycles. The minimum atomic E-state index is -0.945. The quantitative estimate of drug-likeness (QED) is 0.694. The summed E-state index contributed by atoms with van der Waals surface area (Å²) in [5, 5.41) is 8.96. The molecule has 1 aromatic rings. The van der Waals surface area contributed by atoms with E-state index in [2.05, 4.69) is 4.98 Å². The molecule has 4 heteroatoms. The van der Waals surface area contributed by atoms with Crippen LogP contribution in [0.2, 0.25) is 0 Å². The van der Waals surface area contributed by atoms with E-state index in [9.17, 15) is 4.79 Å². The van der Waals surface area contributed by atoms with Crippen molar-refractivity contribution in [3.63, 3.8) is 0 Å². The molecule has 0 aromatic carbocycles. The molecule has 13 heavy (non-hydrogen) atoms. The van der Waals surface area contributed by atoms with Crippen LogP contribution in [0.1, 0.15) is 12.5 Å². The van der Waals surface area contributed by atoms with Crippen LogP contribution in [0.25, 0.3) is 0 Å². The number of hydrogen-bond acceptors (Lipinski definition) is 4. The number of pyridine rings is 1. The number of nitrogens with zero attached hydrogens (tertiary/aromatic N) is 1. The number of carbonyl (C=O) groups is 1. The van der Waals surface area contributed by atoms with Gasteiger partial charge >= 0.3 is 0 Å². The van der Waals surface area contributed by atoms with Crippen LogP contribution < -0.4 is 5.73 Å². The van der Waals surface area contributed by atoms with Crippen molar-refractivity contribution in [2.45, 2.75) is 19.4 Å². The van der Waals surface area contributed by atoms with Gasteiger partial charge in [0.1, 0.15) is 6.10 Å². The largest absolute Gasteiger partial charge is 0.398 e. The van der Waals surface area contributed by atoms with E-state index in [4.69, 9.17) is 10.8 Å². The van der Waals surface area contributed by atoms with Crippen LogP contribution in [0.5, 0.6) is 0 Å². The second kappa shape index (κ2) is 4.00. The zero-order valence-corrected chi connectivity index (χ0v) is 7.40. The maximum atomic E-state index is 11.1. The molecule has 1 heterocycles. The summed E-state index contributed by atoms with van der Waals surface area (Å²) in [6.45, 7) is 1.44. The highest BCUT2D eigenvalue weighted by Gasteiger charge is 2.11. The minimum Gasteiger partial charge on any atom is -0.398 e. The molecular formula is C9H12N2O2. The lowest BCUT2D eigenvalue weighted by Gasteiger charge is -2.05. The smallest absolute Gasteiger partial charge is 0.165 e. The number of Topliss-reactive ketones (excluding diaryl/α,β-unsaturated/α-hetero) is 1. The van der Waals surface area contributed by atoms with Gasteiger partial charge in [0, 0.05) is 30.1 Å². The average Bonchev–Trinajstić information content (AvgIpc) is 2.08. The standard InChI is InChI=1S/C9H12N2O2/c1-6(12)9(13)4-7-5-11-3-2-8(7)10/h2-3,5-6,12H,4H2,1H3,(H2,10,11). The first kappa shape index (κ1) is 9.67. The van der Waals surface area contributed by atoms with Gasteiger partial charge < -0.3 is 10.8 Å². The van der Waals surface area contributed by atoms with Gasteiger partial charge in [0.25, 0.3) is 0 Å². The van der Waals surface area contributed by atoms with Crippen molar-refractivity contribution in [2.24, 2.45) is 0 Å². The van der Waals surface area contributed by atoms with Crippen LogP contribution in [0, 0.1) is 0 Å². The second-order valence-electron chi connectivity index (χ2n) is 2.89. The van der Waals surface area contributed by atoms with Crippen molar-refractivity contribution in [2.75, 3.05) is 5.73 Å². The Balaban J connectivity index is 2.75. The van der Waals surface area contributed by atoms with Crippen LogP contribution in [-0.2, 0) is 11.2 Å². The number of aliphatic hydroxyl groups is 1. The fraction of sp³-hybridized carbons (Fsp3) is 0.333. The molecule has 0 radical (unpaired) electrons. The maximum absolute atomic E-state index is 11.1. The lowest BCUT2D eigenvalue weighted by Crippen LogP contribution is -2.18. The van der Waals surface area contributed by atoms with E-state index >= 15 is 0 Å². The molecule has 0 bridgehead atoms. The van der Waals surface area contributed by atoms with E-state index < -0.39 is 6.10 Å². The van der Waals surface area contributed by atoms with Crippen molar-refractivity contribution in [1.82, 2.24) is 4.98 Å². The van der Waals surface area contributed by atoms with Gasteiger partial charge in [0.2, 0.25) is 0 Å². The van der Waals surface area contributed by atoms with Crippen LogP contribution in [0.4, 0.5) is 5.69 Å². The van der Waals surface area contributed by atoms with E-state index in [1.165, 1.54) is 13.1 Å². The number of aliphatic hydroxyl groups excluding tert-OH is 1. The predicted molar refractivity (Wildman–Crippen MR) is 49.0 cm³/mol. The number of anilines is 1. The van der Waals surface area contributed by atoms with E-state index in [1.54, 1.807) is 12.3 Å². The number of rotatable bonds is 3. The third-order valence-corrected chi connectivity index (χ3v) is 1.77. The minimum absolute atomic E-state index is 0.136. The summed E-state index contributed by atoms with van der Waals surface area (Å²) in [6, 6.07) is 1.63. The van der Waals surface area contributed by atoms with Crippen LogP contribution >= 0.6 is 0 Å². The molecule has 1 aromatic heterocycles. The highest BCUT2D eigenvalue weighted by Crippen LogP contribution is 2.10. The molecule has 0 spiro atoms. The molecule has 0 fully saturated rings. The molecule has 4 nitrogen and oxygen atoms in total. The fourth-order valence-corrected chi connectivity index (χ4v) is 0.921. The summed E-state index contributed by atoms with van der Waals surface area (Å²) >= 11 is 0. The first-order valence-electron chi connectivity index (χ1n) is 4.00. The van der Waals surface area contributed by atoms with E-state index in [0.29, 0.717) is 11.3 Å². The molecule has 0 aliphatic rings. The number of hydrogen-bond donors (Lipinski definition) is 2. The van der Waals surface area contributed by atoms with Gasteiger partial charge in [-0.05, 0) is 13.0 Å². The summed E-state index contributed by atoms with van der Waals surface area (Å²) < 4.78 is 0. The monoisotopic (exact) mass is 180 g/mol. The molecule has 0 amide bonds. The number of nitrogens with two attached hydrogens (primary N) is 1. The summed E-state index contributed by atoms with van der Waals surface area (Å²) in [5.74, 6) is -0.250. The molecule has 0 saturated heterocycles. The van der Waals surface area contributed by atoms with Gasteiger partial charge in [-0.3, -0.25) is 9.78 Å². The van der Waals surface area contributed by atoms with Crippen molar-refractivity contribution in [3.8, 4) is 0 Å². The van der Waals surface area contributed by atoms with Crippen molar-refractivity contribution >= 4 is 11.5 Å². The van der Waals surface area contributed by atoms with Gasteiger partial charge in [0.15, 0.2) is 5.78 Å². The highest BCUT2D eigenvalue weighted by atomic mass is 16.3. The Morgan fingerprint density at radius 3 is 3.00 bits per heavy atom. The van der Waals surface area contributed by atoms with Crippen LogP contribution in [-0.4, -0.2) is 22.0 Å². The van der Waals surface area contributed by atoms with E-state index in [1.807, 2.05) is 0 Å². The van der Waals surface area contributed by atoms with Gasteiger partial charge in [-0.1, -0.05) is 0 Å². The lowest BCUT2D eigenvalue weighted by atomic mass is 10.1. The molecule has 0 saturated carbocycles. The third-order valence-electron chi connectivity index (χ3n) is 1.77. The first-order chi connectivity index (χ1) is 6.11. The van der Waals surface area contributed by atoms with E-state index in [-0.39, 0.29) is 12.2 Å². The summed E-state index contributed by atoms with van der Waals surface area (Å²) in [4.78, 5) is 15.0. The average molecular weight is 180 g/mol. The zero-order valence-electron chi connectivity index (χ0n) is 7.40. The Bertz CT molecular complexity index is 310. The van der Waals surface area contributed by atoms with Gasteiger partial charge in [0.05, 0.1) is 0 Å². The Morgan fingerprint density at radius 1 is 1.77 bits per heavy atom. The molecule has 1 rings (SSSR count). The predicted octanol–water partition coefficient (Wildman–Crippen LogP) is 0.156. The Hall–Kier alpha value is -1.42. The normalized spacial score (nSPS) is 12.5. The third kappa shape index (κ3) is 2.52. The molecule has 70 valence electrons. The molecule has 0 aliphatic heterocycles.